The molecule has 0 radical (unpaired) electrons. The zero-order valence-corrected chi connectivity index (χ0v) is 16.6. The number of piperazine rings is 1. The van der Waals surface area contributed by atoms with Crippen LogP contribution in [-0.4, -0.2) is 64.4 Å². The fourth-order valence-corrected chi connectivity index (χ4v) is 3.26. The van der Waals surface area contributed by atoms with Crippen molar-refractivity contribution in [1.29, 1.82) is 0 Å². The summed E-state index contributed by atoms with van der Waals surface area (Å²) < 4.78 is 10.2. The molecule has 7 nitrogen and oxygen atoms in total. The summed E-state index contributed by atoms with van der Waals surface area (Å²) in [5.74, 6) is 0.771. The normalized spacial score (nSPS) is 14.1. The molecular weight excluding hydrogens is 356 g/mol. The maximum atomic E-state index is 12.3. The molecule has 1 aromatic heterocycles. The van der Waals surface area contributed by atoms with Gasteiger partial charge in [-0.3, -0.25) is 9.78 Å². The second-order valence-corrected chi connectivity index (χ2v) is 6.71. The van der Waals surface area contributed by atoms with Crippen molar-refractivity contribution in [3.8, 4) is 5.75 Å². The molecule has 0 bridgehead atoms. The number of benzene rings is 1. The molecule has 1 aliphatic heterocycles. The van der Waals surface area contributed by atoms with E-state index in [1.807, 2.05) is 24.4 Å². The summed E-state index contributed by atoms with van der Waals surface area (Å²) in [5.41, 5.74) is 2.77. The Balaban J connectivity index is 1.55. The number of carbonyl (C=O) groups is 1. The summed E-state index contributed by atoms with van der Waals surface area (Å²) in [6.07, 6.45) is 4.23. The van der Waals surface area contributed by atoms with Gasteiger partial charge in [-0.25, -0.2) is 0 Å². The number of methoxy groups -OCH3 is 2. The molecule has 0 saturated carbocycles. The van der Waals surface area contributed by atoms with Gasteiger partial charge in [0.05, 0.1) is 24.6 Å². The van der Waals surface area contributed by atoms with Crippen LogP contribution in [0.5, 0.6) is 5.75 Å². The molecule has 1 aliphatic rings. The van der Waals surface area contributed by atoms with Gasteiger partial charge in [0.1, 0.15) is 5.75 Å². The number of nitrogens with one attached hydrogen (secondary N) is 1. The van der Waals surface area contributed by atoms with Crippen molar-refractivity contribution in [1.82, 2.24) is 10.3 Å². The molecule has 28 heavy (non-hydrogen) atoms. The van der Waals surface area contributed by atoms with E-state index in [9.17, 15) is 4.79 Å². The van der Waals surface area contributed by atoms with Crippen molar-refractivity contribution < 1.29 is 14.3 Å². The quantitative estimate of drug-likeness (QED) is 0.704. The van der Waals surface area contributed by atoms with Crippen LogP contribution in [0.1, 0.15) is 16.8 Å². The Morgan fingerprint density at radius 1 is 1.04 bits per heavy atom. The van der Waals surface area contributed by atoms with Gasteiger partial charge >= 0.3 is 0 Å². The Morgan fingerprint density at radius 2 is 1.71 bits per heavy atom. The van der Waals surface area contributed by atoms with Crippen LogP contribution in [0.4, 0.5) is 11.4 Å². The first-order valence-corrected chi connectivity index (χ1v) is 9.57. The van der Waals surface area contributed by atoms with E-state index >= 15 is 0 Å². The highest BCUT2D eigenvalue weighted by atomic mass is 16.5. The predicted octanol–water partition coefficient (Wildman–Crippen LogP) is 2.18. The summed E-state index contributed by atoms with van der Waals surface area (Å²) in [5, 5.41) is 2.91. The van der Waals surface area contributed by atoms with Crippen molar-refractivity contribution >= 4 is 17.3 Å². The molecule has 1 saturated heterocycles. The number of carbonyl (C=O) groups excluding carboxylic acids is 1. The number of hydrogen-bond donors (Lipinski definition) is 1. The Labute approximate surface area is 166 Å². The van der Waals surface area contributed by atoms with Crippen molar-refractivity contribution in [3.63, 3.8) is 0 Å². The third-order valence-corrected chi connectivity index (χ3v) is 4.88. The molecule has 7 heteroatoms. The average Bonchev–Trinajstić information content (AvgIpc) is 2.77. The summed E-state index contributed by atoms with van der Waals surface area (Å²) in [7, 11) is 3.33. The predicted molar refractivity (Wildman–Crippen MR) is 110 cm³/mol. The molecule has 2 aromatic rings. The van der Waals surface area contributed by atoms with Gasteiger partial charge in [-0.05, 0) is 36.8 Å². The number of nitrogens with zero attached hydrogens (tertiary/aromatic N) is 3. The topological polar surface area (TPSA) is 66.9 Å². The number of pyridine rings is 1. The largest absolute Gasteiger partial charge is 0.497 e. The van der Waals surface area contributed by atoms with E-state index in [1.165, 1.54) is 5.69 Å². The van der Waals surface area contributed by atoms with E-state index < -0.39 is 0 Å². The Bertz CT molecular complexity index is 759. The van der Waals surface area contributed by atoms with Crippen LogP contribution in [0.2, 0.25) is 0 Å². The molecular formula is C21H28N4O3. The summed E-state index contributed by atoms with van der Waals surface area (Å²) >= 11 is 0. The van der Waals surface area contributed by atoms with Gasteiger partial charge in [-0.15, -0.1) is 0 Å². The summed E-state index contributed by atoms with van der Waals surface area (Å²) in [6, 6.07) is 10.1. The first-order valence-electron chi connectivity index (χ1n) is 9.57. The Morgan fingerprint density at radius 3 is 2.36 bits per heavy atom. The molecule has 150 valence electrons. The number of ether oxygens (including phenoxy) is 2. The fourth-order valence-electron chi connectivity index (χ4n) is 3.26. The molecule has 1 N–H and O–H groups in total. The van der Waals surface area contributed by atoms with E-state index in [4.69, 9.17) is 9.47 Å². The van der Waals surface area contributed by atoms with E-state index in [0.717, 1.165) is 44.0 Å². The highest BCUT2D eigenvalue weighted by Crippen LogP contribution is 2.23. The lowest BCUT2D eigenvalue weighted by molar-refractivity contribution is 0.0948. The fraction of sp³-hybridized carbons (Fsp3) is 0.429. The van der Waals surface area contributed by atoms with Crippen LogP contribution in [0.15, 0.2) is 42.7 Å². The van der Waals surface area contributed by atoms with Gasteiger partial charge in [0.25, 0.3) is 5.91 Å². The van der Waals surface area contributed by atoms with Crippen LogP contribution >= 0.6 is 0 Å². The van der Waals surface area contributed by atoms with Gasteiger partial charge in [-0.1, -0.05) is 0 Å². The van der Waals surface area contributed by atoms with Gasteiger partial charge in [0, 0.05) is 58.3 Å². The van der Waals surface area contributed by atoms with Crippen molar-refractivity contribution in [2.45, 2.75) is 6.42 Å². The zero-order chi connectivity index (χ0) is 19.8. The molecule has 0 unspecified atom stereocenters. The summed E-state index contributed by atoms with van der Waals surface area (Å²) in [6.45, 7) is 4.83. The van der Waals surface area contributed by atoms with E-state index in [1.54, 1.807) is 20.4 Å². The monoisotopic (exact) mass is 384 g/mol. The minimum absolute atomic E-state index is 0.0951. The van der Waals surface area contributed by atoms with Crippen LogP contribution < -0.4 is 19.9 Å². The second kappa shape index (κ2) is 9.94. The number of amides is 1. The third kappa shape index (κ3) is 5.13. The van der Waals surface area contributed by atoms with Crippen molar-refractivity contribution in [3.05, 3.63) is 48.3 Å². The molecule has 0 atom stereocenters. The van der Waals surface area contributed by atoms with Crippen LogP contribution in [-0.2, 0) is 4.74 Å². The smallest absolute Gasteiger partial charge is 0.252 e. The highest BCUT2D eigenvalue weighted by Gasteiger charge is 2.19. The van der Waals surface area contributed by atoms with Crippen molar-refractivity contribution in [2.24, 2.45) is 0 Å². The maximum absolute atomic E-state index is 12.3. The number of anilines is 2. The molecule has 1 fully saturated rings. The average molecular weight is 384 g/mol. The lowest BCUT2D eigenvalue weighted by Gasteiger charge is -2.37. The van der Waals surface area contributed by atoms with Crippen LogP contribution in [0.3, 0.4) is 0 Å². The minimum Gasteiger partial charge on any atom is -0.497 e. The van der Waals surface area contributed by atoms with Gasteiger partial charge in [0.2, 0.25) is 0 Å². The lowest BCUT2D eigenvalue weighted by Crippen LogP contribution is -2.46. The van der Waals surface area contributed by atoms with Gasteiger partial charge in [-0.2, -0.15) is 0 Å². The number of aromatic nitrogens is 1. The van der Waals surface area contributed by atoms with Crippen LogP contribution in [0, 0.1) is 0 Å². The number of rotatable bonds is 8. The second-order valence-electron chi connectivity index (χ2n) is 6.71. The standard InChI is InChI=1S/C21H28N4O3/c1-27-13-3-8-23-21(26)17-14-19(16-22-15-17)25-11-9-24(10-12-25)18-4-6-20(28-2)7-5-18/h4-7,14-16H,3,8-13H2,1-2H3,(H,23,26). The van der Waals surface area contributed by atoms with E-state index in [-0.39, 0.29) is 5.91 Å². The molecule has 2 heterocycles. The molecule has 0 aliphatic carbocycles. The molecule has 1 amide bonds. The minimum atomic E-state index is -0.0951. The van der Waals surface area contributed by atoms with Gasteiger partial charge < -0.3 is 24.6 Å². The maximum Gasteiger partial charge on any atom is 0.252 e. The highest BCUT2D eigenvalue weighted by molar-refractivity contribution is 5.94. The van der Waals surface area contributed by atoms with Crippen LogP contribution in [0.25, 0.3) is 0 Å². The Hall–Kier alpha value is -2.80. The summed E-state index contributed by atoms with van der Waals surface area (Å²) in [4.78, 5) is 21.2. The molecule has 3 rings (SSSR count). The van der Waals surface area contributed by atoms with Gasteiger partial charge in [0.15, 0.2) is 0 Å². The van der Waals surface area contributed by atoms with E-state index in [0.29, 0.717) is 18.7 Å². The lowest BCUT2D eigenvalue weighted by atomic mass is 10.2. The zero-order valence-electron chi connectivity index (χ0n) is 16.6. The Kier molecular flexibility index (Phi) is 7.08. The first kappa shape index (κ1) is 19.9. The molecule has 1 aromatic carbocycles. The van der Waals surface area contributed by atoms with E-state index in [2.05, 4.69) is 32.2 Å². The third-order valence-electron chi connectivity index (χ3n) is 4.88. The number of hydrogen-bond acceptors (Lipinski definition) is 6. The first-order chi connectivity index (χ1) is 13.7. The molecule has 0 spiro atoms. The SMILES string of the molecule is COCCCNC(=O)c1cncc(N2CCN(c3ccc(OC)cc3)CC2)c1. The van der Waals surface area contributed by atoms with Crippen molar-refractivity contribution in [2.75, 3.05) is 63.4 Å².